The van der Waals surface area contributed by atoms with Gasteiger partial charge < -0.3 is 19.6 Å². The lowest BCUT2D eigenvalue weighted by molar-refractivity contribution is -0.113. The summed E-state index contributed by atoms with van der Waals surface area (Å²) in [5.41, 5.74) is 2.36. The molecule has 2 N–H and O–H groups in total. The van der Waals surface area contributed by atoms with Crippen molar-refractivity contribution in [3.63, 3.8) is 0 Å². The van der Waals surface area contributed by atoms with Gasteiger partial charge in [0.25, 0.3) is 11.5 Å². The van der Waals surface area contributed by atoms with Gasteiger partial charge in [0, 0.05) is 17.3 Å². The Kier molecular flexibility index (Phi) is 7.77. The number of aromatic nitrogens is 1. The summed E-state index contributed by atoms with van der Waals surface area (Å²) < 4.78 is 13.3. The number of carbonyl (C=O) groups is 2. The number of carboxylic acids is 1. The van der Waals surface area contributed by atoms with Crippen molar-refractivity contribution >= 4 is 46.6 Å². The Morgan fingerprint density at radius 3 is 2.59 bits per heavy atom. The number of anilines is 1. The number of ether oxygens (including phenoxy) is 1. The molecule has 0 unspecified atom stereocenters. The predicted octanol–water partition coefficient (Wildman–Crippen LogP) is 5.49. The number of allylic oxidation sites excluding steroid dienone is 1. The minimum atomic E-state index is -1.12. The molecular weight excluding hydrogens is 602 g/mol. The van der Waals surface area contributed by atoms with Gasteiger partial charge in [-0.05, 0) is 61.0 Å². The second-order valence-electron chi connectivity index (χ2n) is 9.88. The first kappa shape index (κ1) is 28.9. The maximum atomic E-state index is 14.0. The Bertz CT molecular complexity index is 2150. The zero-order chi connectivity index (χ0) is 31.0. The molecule has 6 rings (SSSR count). The molecule has 44 heavy (non-hydrogen) atoms. The predicted molar refractivity (Wildman–Crippen MR) is 168 cm³/mol. The molecule has 1 aliphatic rings. The number of amides is 1. The van der Waals surface area contributed by atoms with Crippen LogP contribution in [-0.2, 0) is 4.79 Å². The Labute approximate surface area is 259 Å². The van der Waals surface area contributed by atoms with Crippen molar-refractivity contribution in [2.24, 2.45) is 4.99 Å². The van der Waals surface area contributed by atoms with Gasteiger partial charge in [-0.1, -0.05) is 59.3 Å². The largest absolute Gasteiger partial charge is 0.497 e. The van der Waals surface area contributed by atoms with E-state index in [1.807, 2.05) is 30.3 Å². The van der Waals surface area contributed by atoms with E-state index in [4.69, 9.17) is 20.8 Å². The molecule has 0 fully saturated rings. The van der Waals surface area contributed by atoms with Crippen LogP contribution in [0.5, 0.6) is 5.75 Å². The average Bonchev–Trinajstić information content (AvgIpc) is 3.60. The molecule has 11 heteroatoms. The normalized spacial score (nSPS) is 14.6. The molecule has 0 radical (unpaired) electrons. The molecule has 2 aromatic heterocycles. The van der Waals surface area contributed by atoms with Crippen LogP contribution in [0, 0.1) is 0 Å². The van der Waals surface area contributed by atoms with Crippen molar-refractivity contribution in [3.8, 4) is 17.1 Å². The number of nitrogens with one attached hydrogen (secondary N) is 1. The van der Waals surface area contributed by atoms with Gasteiger partial charge in [-0.3, -0.25) is 14.2 Å². The minimum absolute atomic E-state index is 0.0130. The lowest BCUT2D eigenvalue weighted by atomic mass is 9.95. The molecule has 3 heterocycles. The first-order valence-corrected chi connectivity index (χ1v) is 14.6. The minimum Gasteiger partial charge on any atom is -0.497 e. The van der Waals surface area contributed by atoms with E-state index in [-0.39, 0.29) is 22.1 Å². The lowest BCUT2D eigenvalue weighted by Crippen LogP contribution is -2.40. The van der Waals surface area contributed by atoms with E-state index in [1.54, 1.807) is 62.6 Å². The highest BCUT2D eigenvalue weighted by Crippen LogP contribution is 2.33. The number of methoxy groups -OCH3 is 1. The molecule has 1 amide bonds. The third kappa shape index (κ3) is 5.48. The van der Waals surface area contributed by atoms with Crippen LogP contribution in [0.4, 0.5) is 5.69 Å². The highest BCUT2D eigenvalue weighted by Gasteiger charge is 2.33. The first-order valence-electron chi connectivity index (χ1n) is 13.4. The molecule has 0 aliphatic carbocycles. The maximum Gasteiger partial charge on any atom is 0.337 e. The number of carboxylic acid groups (broad SMARTS) is 1. The molecule has 1 aliphatic heterocycles. The van der Waals surface area contributed by atoms with Crippen molar-refractivity contribution in [1.29, 1.82) is 0 Å². The fraction of sp³-hybridized carbons (Fsp3) is 0.0909. The fourth-order valence-electron chi connectivity index (χ4n) is 5.02. The first-order chi connectivity index (χ1) is 21.2. The van der Waals surface area contributed by atoms with E-state index in [9.17, 15) is 19.5 Å². The quantitative estimate of drug-likeness (QED) is 0.246. The molecule has 220 valence electrons. The summed E-state index contributed by atoms with van der Waals surface area (Å²) in [6, 6.07) is 23.5. The van der Waals surface area contributed by atoms with Crippen LogP contribution in [0.15, 0.2) is 110 Å². The number of fused-ring (bicyclic) bond motifs is 1. The van der Waals surface area contributed by atoms with Gasteiger partial charge in [-0.25, -0.2) is 9.79 Å². The Hall–Kier alpha value is -5.19. The standard InChI is InChI=1S/C33H24ClN3O6S/c1-18-28(30(38)36-21-8-4-3-5-9-21)29(20-7-6-10-22(15-20)42-2)37-31(39)27(44-33(37)35-18)17-23-12-14-26(43-23)19-11-13-24(32(40)41)25(34)16-19/h3-17,29H,1-2H3,(H,36,38)(H,40,41)/b27-17-/t29-/m1/s1. The number of furan rings is 1. The molecular formula is C33H24ClN3O6S. The summed E-state index contributed by atoms with van der Waals surface area (Å²) in [6.07, 6.45) is 1.62. The Morgan fingerprint density at radius 1 is 1.07 bits per heavy atom. The Morgan fingerprint density at radius 2 is 1.86 bits per heavy atom. The number of hydrogen-bond acceptors (Lipinski definition) is 7. The molecule has 0 saturated carbocycles. The SMILES string of the molecule is COc1cccc([C@@H]2C(C(=O)Nc3ccccc3)=C(C)N=c3s/c(=C\c4ccc(-c5ccc(C(=O)O)c(Cl)c5)o4)c(=O)n32)c1. The van der Waals surface area contributed by atoms with E-state index in [0.717, 1.165) is 0 Å². The summed E-state index contributed by atoms with van der Waals surface area (Å²) >= 11 is 7.32. The number of para-hydroxylation sites is 1. The number of hydrogen-bond donors (Lipinski definition) is 2. The van der Waals surface area contributed by atoms with Crippen LogP contribution in [0.3, 0.4) is 0 Å². The van der Waals surface area contributed by atoms with E-state index in [2.05, 4.69) is 10.3 Å². The summed E-state index contributed by atoms with van der Waals surface area (Å²) in [5.74, 6) is -0.0584. The maximum absolute atomic E-state index is 14.0. The van der Waals surface area contributed by atoms with Gasteiger partial charge in [0.2, 0.25) is 0 Å². The van der Waals surface area contributed by atoms with Crippen molar-refractivity contribution in [3.05, 3.63) is 138 Å². The van der Waals surface area contributed by atoms with Gasteiger partial charge in [0.15, 0.2) is 4.80 Å². The van der Waals surface area contributed by atoms with Crippen molar-refractivity contribution in [2.45, 2.75) is 13.0 Å². The molecule has 3 aromatic carbocycles. The molecule has 0 spiro atoms. The molecule has 9 nitrogen and oxygen atoms in total. The number of carbonyl (C=O) groups excluding carboxylic acids is 1. The van der Waals surface area contributed by atoms with Crippen LogP contribution < -0.4 is 24.9 Å². The summed E-state index contributed by atoms with van der Waals surface area (Å²) in [5, 5.41) is 12.3. The van der Waals surface area contributed by atoms with Crippen LogP contribution in [0.25, 0.3) is 17.4 Å². The van der Waals surface area contributed by atoms with E-state index >= 15 is 0 Å². The van der Waals surface area contributed by atoms with E-state index < -0.39 is 12.0 Å². The van der Waals surface area contributed by atoms with Crippen LogP contribution in [0.1, 0.15) is 34.6 Å². The van der Waals surface area contributed by atoms with Crippen molar-refractivity contribution in [1.82, 2.24) is 4.57 Å². The van der Waals surface area contributed by atoms with Gasteiger partial charge in [-0.2, -0.15) is 0 Å². The van der Waals surface area contributed by atoms with Crippen LogP contribution >= 0.6 is 22.9 Å². The third-order valence-corrected chi connectivity index (χ3v) is 8.39. The fourth-order valence-corrected chi connectivity index (χ4v) is 6.30. The van der Waals surface area contributed by atoms with Crippen LogP contribution in [-0.4, -0.2) is 28.7 Å². The smallest absolute Gasteiger partial charge is 0.337 e. The molecule has 0 saturated heterocycles. The third-order valence-electron chi connectivity index (χ3n) is 7.09. The van der Waals surface area contributed by atoms with Crippen molar-refractivity contribution in [2.75, 3.05) is 12.4 Å². The second-order valence-corrected chi connectivity index (χ2v) is 11.3. The van der Waals surface area contributed by atoms with Crippen LogP contribution in [0.2, 0.25) is 5.02 Å². The highest BCUT2D eigenvalue weighted by atomic mass is 35.5. The molecule has 0 bridgehead atoms. The zero-order valence-electron chi connectivity index (χ0n) is 23.4. The summed E-state index contributed by atoms with van der Waals surface area (Å²) in [7, 11) is 1.56. The lowest BCUT2D eigenvalue weighted by Gasteiger charge is -2.25. The number of aromatic carboxylic acids is 1. The van der Waals surface area contributed by atoms with E-state index in [1.165, 1.54) is 28.0 Å². The number of nitrogens with zero attached hydrogens (tertiary/aromatic N) is 2. The summed E-state index contributed by atoms with van der Waals surface area (Å²) in [6.45, 7) is 1.75. The highest BCUT2D eigenvalue weighted by molar-refractivity contribution is 7.07. The van der Waals surface area contributed by atoms with Gasteiger partial charge in [-0.15, -0.1) is 0 Å². The zero-order valence-corrected chi connectivity index (χ0v) is 25.0. The second kappa shape index (κ2) is 11.8. The van der Waals surface area contributed by atoms with Crippen molar-refractivity contribution < 1.29 is 23.8 Å². The molecule has 5 aromatic rings. The molecule has 1 atom stereocenters. The number of thiazole rings is 1. The monoisotopic (exact) mass is 625 g/mol. The Balaban J connectivity index is 1.43. The topological polar surface area (TPSA) is 123 Å². The van der Waals surface area contributed by atoms with Gasteiger partial charge >= 0.3 is 5.97 Å². The summed E-state index contributed by atoms with van der Waals surface area (Å²) in [4.78, 5) is 44.1. The van der Waals surface area contributed by atoms with Gasteiger partial charge in [0.1, 0.15) is 17.3 Å². The van der Waals surface area contributed by atoms with Gasteiger partial charge in [0.05, 0.1) is 39.5 Å². The number of rotatable bonds is 7. The number of halogens is 1. The number of benzene rings is 3. The average molecular weight is 626 g/mol. The van der Waals surface area contributed by atoms with E-state index in [0.29, 0.717) is 54.7 Å².